The number of carbonyl (C=O) groups is 1. The summed E-state index contributed by atoms with van der Waals surface area (Å²) in [6.07, 6.45) is 1.78. The number of benzene rings is 2. The highest BCUT2D eigenvalue weighted by molar-refractivity contribution is 7.17. The van der Waals surface area contributed by atoms with Crippen molar-refractivity contribution in [2.24, 2.45) is 4.99 Å². The first-order chi connectivity index (χ1) is 12.7. The summed E-state index contributed by atoms with van der Waals surface area (Å²) in [5, 5.41) is 0. The summed E-state index contributed by atoms with van der Waals surface area (Å²) in [7, 11) is 1.64. The molecular weight excluding hydrogens is 366 g/mol. The van der Waals surface area contributed by atoms with Crippen molar-refractivity contribution in [2.45, 2.75) is 6.54 Å². The van der Waals surface area contributed by atoms with Crippen LogP contribution in [0.1, 0.15) is 10.4 Å². The molecule has 26 heavy (non-hydrogen) atoms. The lowest BCUT2D eigenvalue weighted by Crippen LogP contribution is -2.16. The number of hydrogen-bond donors (Lipinski definition) is 0. The van der Waals surface area contributed by atoms with Gasteiger partial charge in [0.25, 0.3) is 5.91 Å². The lowest BCUT2D eigenvalue weighted by atomic mass is 10.2. The number of para-hydroxylation sites is 1. The minimum absolute atomic E-state index is 0.274. The zero-order valence-corrected chi connectivity index (χ0v) is 15.6. The molecule has 2 aromatic carbocycles. The van der Waals surface area contributed by atoms with Crippen molar-refractivity contribution in [1.29, 1.82) is 0 Å². The Morgan fingerprint density at radius 2 is 2.23 bits per heavy atom. The summed E-state index contributed by atoms with van der Waals surface area (Å²) in [4.78, 5) is 22.0. The van der Waals surface area contributed by atoms with Crippen LogP contribution in [-0.2, 0) is 6.54 Å². The first-order valence-electron chi connectivity index (χ1n) is 7.91. The van der Waals surface area contributed by atoms with Crippen molar-refractivity contribution in [3.05, 3.63) is 64.9 Å². The summed E-state index contributed by atoms with van der Waals surface area (Å²) in [6.45, 7) is 4.36. The second kappa shape index (κ2) is 6.86. The van der Waals surface area contributed by atoms with Gasteiger partial charge in [-0.15, -0.1) is 17.9 Å². The van der Waals surface area contributed by atoms with Crippen LogP contribution in [0, 0.1) is 0 Å². The normalized spacial score (nSPS) is 12.0. The van der Waals surface area contributed by atoms with Gasteiger partial charge in [-0.2, -0.15) is 4.99 Å². The van der Waals surface area contributed by atoms with E-state index in [1.807, 2.05) is 34.9 Å². The van der Waals surface area contributed by atoms with Crippen molar-refractivity contribution >= 4 is 49.0 Å². The van der Waals surface area contributed by atoms with Crippen LogP contribution in [0.4, 0.5) is 0 Å². The first kappa shape index (κ1) is 16.7. The van der Waals surface area contributed by atoms with Crippen molar-refractivity contribution in [1.82, 2.24) is 9.55 Å². The number of carbonyl (C=O) groups excluding carboxylic acids is 1. The van der Waals surface area contributed by atoms with Crippen LogP contribution >= 0.6 is 22.7 Å². The number of methoxy groups -OCH3 is 1. The average Bonchev–Trinajstić information content (AvgIpc) is 3.26. The van der Waals surface area contributed by atoms with E-state index < -0.39 is 0 Å². The first-order valence-corrected chi connectivity index (χ1v) is 9.60. The topological polar surface area (TPSA) is 56.5 Å². The third-order valence-corrected chi connectivity index (χ3v) is 5.81. The Kier molecular flexibility index (Phi) is 4.40. The van der Waals surface area contributed by atoms with E-state index in [1.54, 1.807) is 24.8 Å². The zero-order chi connectivity index (χ0) is 18.1. The maximum Gasteiger partial charge on any atom is 0.279 e. The van der Waals surface area contributed by atoms with E-state index in [2.05, 4.69) is 16.6 Å². The number of rotatable bonds is 4. The molecule has 0 aliphatic heterocycles. The molecule has 7 heteroatoms. The molecule has 0 spiro atoms. The van der Waals surface area contributed by atoms with E-state index in [-0.39, 0.29) is 5.91 Å². The molecular formula is C19H15N3O2S2. The molecule has 0 aliphatic carbocycles. The monoisotopic (exact) mass is 381 g/mol. The van der Waals surface area contributed by atoms with Crippen LogP contribution in [-0.4, -0.2) is 22.6 Å². The molecule has 5 nitrogen and oxygen atoms in total. The maximum atomic E-state index is 12.7. The molecule has 2 aromatic heterocycles. The van der Waals surface area contributed by atoms with Crippen LogP contribution < -0.4 is 9.54 Å². The Morgan fingerprint density at radius 1 is 1.35 bits per heavy atom. The molecule has 2 heterocycles. The van der Waals surface area contributed by atoms with Crippen LogP contribution in [0.3, 0.4) is 0 Å². The zero-order valence-electron chi connectivity index (χ0n) is 14.0. The van der Waals surface area contributed by atoms with Gasteiger partial charge in [-0.05, 0) is 30.3 Å². The molecule has 4 rings (SSSR count). The predicted octanol–water partition coefficient (Wildman–Crippen LogP) is 4.25. The summed E-state index contributed by atoms with van der Waals surface area (Å²) in [5.74, 6) is 0.476. The van der Waals surface area contributed by atoms with Gasteiger partial charge in [-0.3, -0.25) is 4.79 Å². The number of aromatic nitrogens is 2. The summed E-state index contributed by atoms with van der Waals surface area (Å²) >= 11 is 2.97. The summed E-state index contributed by atoms with van der Waals surface area (Å²) in [6, 6.07) is 11.3. The van der Waals surface area contributed by atoms with E-state index in [1.165, 1.54) is 22.7 Å². The molecule has 0 N–H and O–H groups in total. The van der Waals surface area contributed by atoms with Gasteiger partial charge in [-0.1, -0.05) is 23.5 Å². The fourth-order valence-electron chi connectivity index (χ4n) is 2.79. The lowest BCUT2D eigenvalue weighted by molar-refractivity contribution is 0.0998. The van der Waals surface area contributed by atoms with Crippen LogP contribution in [0.25, 0.3) is 20.4 Å². The number of nitrogens with zero attached hydrogens (tertiary/aromatic N) is 3. The van der Waals surface area contributed by atoms with Crippen molar-refractivity contribution in [3.8, 4) is 5.75 Å². The Hall–Kier alpha value is -2.77. The van der Waals surface area contributed by atoms with Gasteiger partial charge in [-0.25, -0.2) is 4.98 Å². The Morgan fingerprint density at radius 3 is 3.04 bits per heavy atom. The maximum absolute atomic E-state index is 12.7. The molecule has 0 saturated carbocycles. The SMILES string of the molecule is C=CCn1c(=NC(=O)c2ccc3ncsc3c2)sc2cccc(OC)c21. The minimum Gasteiger partial charge on any atom is -0.495 e. The molecule has 0 saturated heterocycles. The fourth-order valence-corrected chi connectivity index (χ4v) is 4.56. The smallest absolute Gasteiger partial charge is 0.279 e. The van der Waals surface area contributed by atoms with E-state index in [4.69, 9.17) is 4.74 Å². The minimum atomic E-state index is -0.274. The Balaban J connectivity index is 1.87. The fraction of sp³-hybridized carbons (Fsp3) is 0.105. The Labute approximate surface area is 157 Å². The number of thiazole rings is 2. The van der Waals surface area contributed by atoms with Crippen LogP contribution in [0.2, 0.25) is 0 Å². The highest BCUT2D eigenvalue weighted by atomic mass is 32.1. The van der Waals surface area contributed by atoms with Gasteiger partial charge in [0, 0.05) is 12.1 Å². The number of hydrogen-bond acceptors (Lipinski definition) is 5. The average molecular weight is 381 g/mol. The number of ether oxygens (including phenoxy) is 1. The van der Waals surface area contributed by atoms with E-state index in [9.17, 15) is 4.79 Å². The highest BCUT2D eigenvalue weighted by Crippen LogP contribution is 2.27. The lowest BCUT2D eigenvalue weighted by Gasteiger charge is -2.06. The van der Waals surface area contributed by atoms with Crippen LogP contribution in [0.15, 0.2) is 59.6 Å². The summed E-state index contributed by atoms with van der Waals surface area (Å²) < 4.78 is 9.41. The quantitative estimate of drug-likeness (QED) is 0.497. The second-order valence-electron chi connectivity index (χ2n) is 5.54. The predicted molar refractivity (Wildman–Crippen MR) is 106 cm³/mol. The van der Waals surface area contributed by atoms with Crippen LogP contribution in [0.5, 0.6) is 5.75 Å². The number of amides is 1. The molecule has 4 aromatic rings. The highest BCUT2D eigenvalue weighted by Gasteiger charge is 2.12. The van der Waals surface area contributed by atoms with Gasteiger partial charge in [0.1, 0.15) is 11.3 Å². The second-order valence-corrected chi connectivity index (χ2v) is 7.44. The molecule has 130 valence electrons. The summed E-state index contributed by atoms with van der Waals surface area (Å²) in [5.41, 5.74) is 4.13. The third kappa shape index (κ3) is 2.85. The molecule has 0 fully saturated rings. The van der Waals surface area contributed by atoms with Crippen molar-refractivity contribution in [2.75, 3.05) is 7.11 Å². The van der Waals surface area contributed by atoms with E-state index >= 15 is 0 Å². The van der Waals surface area contributed by atoms with Gasteiger partial charge in [0.15, 0.2) is 4.80 Å². The molecule has 0 bridgehead atoms. The standard InChI is InChI=1S/C19H15N3O2S2/c1-3-9-22-17-14(24-2)5-4-6-15(17)26-19(22)21-18(23)12-7-8-13-16(10-12)25-11-20-13/h3-8,10-11H,1,9H2,2H3. The molecule has 0 atom stereocenters. The van der Waals surface area contributed by atoms with Gasteiger partial charge in [0.05, 0.1) is 27.5 Å². The van der Waals surface area contributed by atoms with Crippen molar-refractivity contribution < 1.29 is 9.53 Å². The van der Waals surface area contributed by atoms with Gasteiger partial charge < -0.3 is 9.30 Å². The Bertz CT molecular complexity index is 1200. The van der Waals surface area contributed by atoms with E-state index in [0.717, 1.165) is 26.2 Å². The third-order valence-electron chi connectivity index (χ3n) is 3.97. The van der Waals surface area contributed by atoms with Gasteiger partial charge in [0.2, 0.25) is 0 Å². The molecule has 0 aliphatic rings. The number of fused-ring (bicyclic) bond motifs is 2. The molecule has 0 unspecified atom stereocenters. The molecule has 1 amide bonds. The van der Waals surface area contributed by atoms with E-state index in [0.29, 0.717) is 16.9 Å². The largest absolute Gasteiger partial charge is 0.495 e. The van der Waals surface area contributed by atoms with Crippen molar-refractivity contribution in [3.63, 3.8) is 0 Å². The number of allylic oxidation sites excluding steroid dienone is 1. The molecule has 0 radical (unpaired) electrons. The van der Waals surface area contributed by atoms with Gasteiger partial charge >= 0.3 is 0 Å².